The molecule has 0 heterocycles. The quantitative estimate of drug-likeness (QED) is 0.150. The van der Waals surface area contributed by atoms with Crippen molar-refractivity contribution in [3.63, 3.8) is 0 Å². The summed E-state index contributed by atoms with van der Waals surface area (Å²) in [5, 5.41) is 13.0. The van der Waals surface area contributed by atoms with Crippen LogP contribution in [-0.4, -0.2) is 0 Å². The van der Waals surface area contributed by atoms with Gasteiger partial charge in [-0.3, -0.25) is 0 Å². The lowest BCUT2D eigenvalue weighted by molar-refractivity contribution is 0.788. The number of benzene rings is 12. The van der Waals surface area contributed by atoms with Gasteiger partial charge in [-0.2, -0.15) is 0 Å². The minimum atomic E-state index is 1.11. The van der Waals surface area contributed by atoms with E-state index in [1.807, 2.05) is 0 Å². The first kappa shape index (κ1) is 40.6. The molecular formula is C68H50N2. The maximum absolute atomic E-state index is 2.58. The third-order valence-electron chi connectivity index (χ3n) is 15.4. The van der Waals surface area contributed by atoms with Gasteiger partial charge in [-0.15, -0.1) is 0 Å². The molecule has 0 saturated carbocycles. The van der Waals surface area contributed by atoms with Gasteiger partial charge in [0.1, 0.15) is 0 Å². The number of fused-ring (bicyclic) bond motifs is 4. The largest absolute Gasteiger partial charge is 0.310 e. The predicted octanol–water partition coefficient (Wildman–Crippen LogP) is 18.7. The average molecular weight is 895 g/mol. The van der Waals surface area contributed by atoms with E-state index in [0.29, 0.717) is 0 Å². The van der Waals surface area contributed by atoms with Crippen LogP contribution >= 0.6 is 0 Å². The Hall–Kier alpha value is -8.46. The third kappa shape index (κ3) is 6.93. The van der Waals surface area contributed by atoms with Crippen LogP contribution < -0.4 is 9.80 Å². The van der Waals surface area contributed by atoms with E-state index in [0.717, 1.165) is 72.6 Å². The number of hydrogen-bond donors (Lipinski definition) is 0. The number of anilines is 6. The van der Waals surface area contributed by atoms with Crippen LogP contribution in [0.25, 0.3) is 76.1 Å². The summed E-state index contributed by atoms with van der Waals surface area (Å²) in [5.41, 5.74) is 18.4. The Morgan fingerprint density at radius 3 is 0.843 bits per heavy atom. The second-order valence-electron chi connectivity index (χ2n) is 19.5. The average Bonchev–Trinajstić information content (AvgIpc) is 3.42. The van der Waals surface area contributed by atoms with Gasteiger partial charge in [0, 0.05) is 34.1 Å². The normalized spacial score (nSPS) is 13.1. The van der Waals surface area contributed by atoms with E-state index in [4.69, 9.17) is 0 Å². The SMILES string of the molecule is c1ccc2cc(N(c3ccc(-c4cc5c6c(c(-c7ccc(N(c8ccc9ccccc9c8)c8ccc9ccccc9c8)cc7)cc7c6c4CCC7)CCC5)cc3)c3ccc4ccccc4c3)ccc2c1. The lowest BCUT2D eigenvalue weighted by Crippen LogP contribution is -2.12. The van der Waals surface area contributed by atoms with Gasteiger partial charge >= 0.3 is 0 Å². The zero-order valence-corrected chi connectivity index (χ0v) is 39.1. The van der Waals surface area contributed by atoms with Crippen LogP contribution in [-0.2, 0) is 25.7 Å². The Kier molecular flexibility index (Phi) is 9.65. The van der Waals surface area contributed by atoms with Crippen molar-refractivity contribution in [1.82, 2.24) is 0 Å². The van der Waals surface area contributed by atoms with Crippen LogP contribution in [0.5, 0.6) is 0 Å². The molecule has 2 heteroatoms. The molecule has 0 amide bonds. The Labute approximate surface area is 409 Å². The maximum Gasteiger partial charge on any atom is 0.0468 e. The summed E-state index contributed by atoms with van der Waals surface area (Å²) in [5.74, 6) is 0. The number of nitrogens with zero attached hydrogens (tertiary/aromatic N) is 2. The van der Waals surface area contributed by atoms with Crippen molar-refractivity contribution in [2.45, 2.75) is 38.5 Å². The zero-order valence-electron chi connectivity index (χ0n) is 39.1. The first-order valence-electron chi connectivity index (χ1n) is 25.1. The summed E-state index contributed by atoms with van der Waals surface area (Å²) in [6, 6.07) is 86.0. The molecular weight excluding hydrogens is 845 g/mol. The molecule has 2 nitrogen and oxygen atoms in total. The zero-order chi connectivity index (χ0) is 46.1. The fourth-order valence-electron chi connectivity index (χ4n) is 12.0. The van der Waals surface area contributed by atoms with E-state index in [9.17, 15) is 0 Å². The monoisotopic (exact) mass is 894 g/mol. The van der Waals surface area contributed by atoms with Gasteiger partial charge in [0.25, 0.3) is 0 Å². The highest BCUT2D eigenvalue weighted by molar-refractivity contribution is 6.04. The number of hydrogen-bond acceptors (Lipinski definition) is 2. The highest BCUT2D eigenvalue weighted by Gasteiger charge is 2.27. The lowest BCUT2D eigenvalue weighted by Gasteiger charge is -2.30. The van der Waals surface area contributed by atoms with Crippen molar-refractivity contribution in [2.24, 2.45) is 0 Å². The van der Waals surface area contributed by atoms with Crippen molar-refractivity contribution in [2.75, 3.05) is 9.80 Å². The van der Waals surface area contributed by atoms with E-state index in [2.05, 4.69) is 240 Å². The summed E-state index contributed by atoms with van der Waals surface area (Å²) < 4.78 is 0. The second-order valence-corrected chi connectivity index (χ2v) is 19.5. The smallest absolute Gasteiger partial charge is 0.0468 e. The Morgan fingerprint density at radius 1 is 0.243 bits per heavy atom. The molecule has 12 aromatic carbocycles. The lowest BCUT2D eigenvalue weighted by atomic mass is 9.75. The van der Waals surface area contributed by atoms with Gasteiger partial charge in [-0.1, -0.05) is 158 Å². The number of aryl methyl sites for hydroxylation is 4. The third-order valence-corrected chi connectivity index (χ3v) is 15.4. The fourth-order valence-corrected chi connectivity index (χ4v) is 12.0. The fraction of sp³-hybridized carbons (Fsp3) is 0.0882. The van der Waals surface area contributed by atoms with E-state index >= 15 is 0 Å². The van der Waals surface area contributed by atoms with Crippen molar-refractivity contribution in [3.8, 4) is 22.3 Å². The Morgan fingerprint density at radius 2 is 0.529 bits per heavy atom. The molecule has 70 heavy (non-hydrogen) atoms. The maximum atomic E-state index is 2.58. The van der Waals surface area contributed by atoms with Crippen LogP contribution in [0.15, 0.2) is 231 Å². The molecule has 332 valence electrons. The first-order valence-corrected chi connectivity index (χ1v) is 25.1. The number of rotatable bonds is 8. The van der Waals surface area contributed by atoms with Gasteiger partial charge in [0.05, 0.1) is 0 Å². The van der Waals surface area contributed by atoms with Gasteiger partial charge in [0.15, 0.2) is 0 Å². The molecule has 2 aliphatic carbocycles. The topological polar surface area (TPSA) is 6.48 Å². The summed E-state index contributed by atoms with van der Waals surface area (Å²) in [4.78, 5) is 4.83. The second kappa shape index (κ2) is 16.6. The molecule has 0 N–H and O–H groups in total. The van der Waals surface area contributed by atoms with Crippen LogP contribution in [0.1, 0.15) is 35.1 Å². The van der Waals surface area contributed by atoms with Crippen LogP contribution in [0.4, 0.5) is 34.1 Å². The van der Waals surface area contributed by atoms with Gasteiger partial charge in [-0.25, -0.2) is 0 Å². The Balaban J connectivity index is 0.846. The van der Waals surface area contributed by atoms with E-state index < -0.39 is 0 Å². The minimum absolute atomic E-state index is 1.11. The standard InChI is InChI=1S/C68H50N2/c1-5-15-51-39-59(35-23-45(51)11-1)69(60-36-24-46-12-2-6-16-52(46)40-60)57-31-27-49(28-32-57)65-43-55-19-10-22-64-66(44-56-20-9-21-63(65)67(56)68(55)64)50-29-33-58(34-30-50)70(61-37-25-47-13-3-7-17-53(47)41-61)62-38-26-48-14-4-8-18-54(48)42-62/h1-8,11-18,23-44H,9-10,19-22H2. The van der Waals surface area contributed by atoms with E-state index in [1.165, 1.54) is 98.4 Å². The molecule has 0 unspecified atom stereocenters. The Bertz CT molecular complexity index is 3590. The molecule has 0 saturated heterocycles. The van der Waals surface area contributed by atoms with Crippen molar-refractivity contribution < 1.29 is 0 Å². The summed E-state index contributed by atoms with van der Waals surface area (Å²) in [7, 11) is 0. The van der Waals surface area contributed by atoms with Crippen molar-refractivity contribution >= 4 is 88.0 Å². The highest BCUT2D eigenvalue weighted by Crippen LogP contribution is 2.48. The van der Waals surface area contributed by atoms with E-state index in [-0.39, 0.29) is 0 Å². The summed E-state index contributed by atoms with van der Waals surface area (Å²) in [6.07, 6.45) is 6.76. The van der Waals surface area contributed by atoms with Crippen molar-refractivity contribution in [3.05, 3.63) is 253 Å². The molecule has 0 aromatic heterocycles. The first-order chi connectivity index (χ1) is 34.7. The summed E-state index contributed by atoms with van der Waals surface area (Å²) in [6.45, 7) is 0. The van der Waals surface area contributed by atoms with Crippen molar-refractivity contribution in [1.29, 1.82) is 0 Å². The minimum Gasteiger partial charge on any atom is -0.310 e. The molecule has 2 aliphatic rings. The molecule has 12 aromatic rings. The molecule has 0 spiro atoms. The highest BCUT2D eigenvalue weighted by atomic mass is 15.1. The predicted molar refractivity (Wildman–Crippen MR) is 298 cm³/mol. The van der Waals surface area contributed by atoms with Crippen LogP contribution in [0.2, 0.25) is 0 Å². The van der Waals surface area contributed by atoms with Crippen LogP contribution in [0.3, 0.4) is 0 Å². The molecule has 0 bridgehead atoms. The molecule has 0 atom stereocenters. The van der Waals surface area contributed by atoms with Gasteiger partial charge in [0.2, 0.25) is 0 Å². The molecule has 0 aliphatic heterocycles. The van der Waals surface area contributed by atoms with E-state index in [1.54, 1.807) is 0 Å². The summed E-state index contributed by atoms with van der Waals surface area (Å²) >= 11 is 0. The van der Waals surface area contributed by atoms with Gasteiger partial charge < -0.3 is 9.80 Å². The molecule has 14 rings (SSSR count). The molecule has 0 fully saturated rings. The molecule has 0 radical (unpaired) electrons. The van der Waals surface area contributed by atoms with Gasteiger partial charge in [-0.05, 0) is 210 Å². The van der Waals surface area contributed by atoms with Crippen LogP contribution in [0, 0.1) is 0 Å².